The summed E-state index contributed by atoms with van der Waals surface area (Å²) >= 11 is 0. The number of hydrogen-bond acceptors (Lipinski definition) is 2. The molecule has 0 amide bonds. The smallest absolute Gasteiger partial charge is 0.338 e. The zero-order valence-electron chi connectivity index (χ0n) is 11.5. The van der Waals surface area contributed by atoms with E-state index in [1.807, 2.05) is 0 Å². The van der Waals surface area contributed by atoms with Crippen molar-refractivity contribution in [3.8, 4) is 0 Å². The van der Waals surface area contributed by atoms with Crippen LogP contribution < -0.4 is 5.32 Å². The molecule has 2 rings (SSSR count). The van der Waals surface area contributed by atoms with Crippen molar-refractivity contribution < 1.29 is 18.7 Å². The molecule has 0 radical (unpaired) electrons. The number of benzene rings is 1. The van der Waals surface area contributed by atoms with Gasteiger partial charge >= 0.3 is 5.97 Å². The lowest BCUT2D eigenvalue weighted by atomic mass is 9.80. The Kier molecular flexibility index (Phi) is 4.57. The number of halogens is 2. The molecule has 1 aromatic rings. The van der Waals surface area contributed by atoms with Crippen molar-refractivity contribution in [1.82, 2.24) is 0 Å². The third-order valence-corrected chi connectivity index (χ3v) is 4.16. The van der Waals surface area contributed by atoms with Crippen LogP contribution in [0.5, 0.6) is 0 Å². The van der Waals surface area contributed by atoms with E-state index in [-0.39, 0.29) is 5.69 Å². The Morgan fingerprint density at radius 3 is 2.65 bits per heavy atom. The van der Waals surface area contributed by atoms with Crippen LogP contribution in [-0.4, -0.2) is 17.6 Å². The predicted octanol–water partition coefficient (Wildman–Crippen LogP) is 3.90. The highest BCUT2D eigenvalue weighted by Gasteiger charge is 2.22. The van der Waals surface area contributed by atoms with Gasteiger partial charge in [0.15, 0.2) is 11.6 Å². The Balaban J connectivity index is 2.06. The molecular weight excluding hydrogens is 264 g/mol. The summed E-state index contributed by atoms with van der Waals surface area (Å²) in [6.07, 6.45) is 4.66. The molecule has 2 atom stereocenters. The predicted molar refractivity (Wildman–Crippen MR) is 72.9 cm³/mol. The lowest BCUT2D eigenvalue weighted by Crippen LogP contribution is -2.24. The van der Waals surface area contributed by atoms with Gasteiger partial charge in [-0.25, -0.2) is 13.6 Å². The number of anilines is 1. The molecule has 20 heavy (non-hydrogen) atoms. The monoisotopic (exact) mass is 283 g/mol. The summed E-state index contributed by atoms with van der Waals surface area (Å²) in [5.74, 6) is -2.87. The van der Waals surface area contributed by atoms with Gasteiger partial charge in [-0.2, -0.15) is 0 Å². The molecular formula is C15H19F2NO2. The van der Waals surface area contributed by atoms with Gasteiger partial charge in [0.1, 0.15) is 0 Å². The van der Waals surface area contributed by atoms with Gasteiger partial charge in [-0.15, -0.1) is 0 Å². The maximum absolute atomic E-state index is 13.8. The lowest BCUT2D eigenvalue weighted by molar-refractivity contribution is 0.0690. The zero-order valence-corrected chi connectivity index (χ0v) is 11.5. The molecule has 1 fully saturated rings. The summed E-state index contributed by atoms with van der Waals surface area (Å²) in [6, 6.07) is 2.38. The minimum atomic E-state index is -1.46. The molecule has 2 N–H and O–H groups in total. The average Bonchev–Trinajstić information content (AvgIpc) is 2.41. The number of rotatable bonds is 4. The molecule has 0 heterocycles. The first-order chi connectivity index (χ1) is 9.50. The van der Waals surface area contributed by atoms with Crippen LogP contribution in [0.4, 0.5) is 14.5 Å². The van der Waals surface area contributed by atoms with Crippen LogP contribution in [0.15, 0.2) is 12.1 Å². The van der Waals surface area contributed by atoms with Gasteiger partial charge < -0.3 is 10.4 Å². The van der Waals surface area contributed by atoms with Crippen molar-refractivity contribution in [2.24, 2.45) is 11.8 Å². The topological polar surface area (TPSA) is 49.3 Å². The second-order valence-electron chi connectivity index (χ2n) is 5.50. The fourth-order valence-corrected chi connectivity index (χ4v) is 2.79. The van der Waals surface area contributed by atoms with E-state index < -0.39 is 23.2 Å². The van der Waals surface area contributed by atoms with Gasteiger partial charge in [-0.05, 0) is 30.4 Å². The number of carboxylic acid groups (broad SMARTS) is 1. The molecule has 1 aromatic carbocycles. The number of aromatic carboxylic acids is 1. The maximum Gasteiger partial charge on any atom is 0.338 e. The standard InChI is InChI=1S/C15H19F2NO2/c1-9-4-2-3-5-10(9)8-18-12-7-6-11(15(19)20)13(16)14(12)17/h6-7,9-10,18H,2-5,8H2,1H3,(H,19,20). The van der Waals surface area contributed by atoms with Crippen molar-refractivity contribution in [3.63, 3.8) is 0 Å². The van der Waals surface area contributed by atoms with Gasteiger partial charge in [-0.1, -0.05) is 26.2 Å². The van der Waals surface area contributed by atoms with Crippen LogP contribution in [0.1, 0.15) is 43.0 Å². The third-order valence-electron chi connectivity index (χ3n) is 4.16. The van der Waals surface area contributed by atoms with Crippen LogP contribution in [0.2, 0.25) is 0 Å². The average molecular weight is 283 g/mol. The van der Waals surface area contributed by atoms with Crippen LogP contribution in [0, 0.1) is 23.5 Å². The minimum absolute atomic E-state index is 0.0327. The van der Waals surface area contributed by atoms with E-state index in [0.29, 0.717) is 18.4 Å². The van der Waals surface area contributed by atoms with E-state index in [1.54, 1.807) is 0 Å². The SMILES string of the molecule is CC1CCCCC1CNc1ccc(C(=O)O)c(F)c1F. The van der Waals surface area contributed by atoms with E-state index in [1.165, 1.54) is 25.3 Å². The summed E-state index contributed by atoms with van der Waals surface area (Å²) in [5.41, 5.74) is -0.607. The van der Waals surface area contributed by atoms with Crippen molar-refractivity contribution >= 4 is 11.7 Å². The Bertz CT molecular complexity index is 505. The molecule has 2 unspecified atom stereocenters. The van der Waals surface area contributed by atoms with Gasteiger partial charge in [-0.3, -0.25) is 0 Å². The molecule has 110 valence electrons. The maximum atomic E-state index is 13.8. The molecule has 0 bridgehead atoms. The largest absolute Gasteiger partial charge is 0.478 e. The molecule has 1 aliphatic rings. The summed E-state index contributed by atoms with van der Waals surface area (Å²) in [7, 11) is 0. The normalized spacial score (nSPS) is 22.6. The molecule has 0 aromatic heterocycles. The Labute approximate surface area is 117 Å². The Morgan fingerprint density at radius 1 is 1.30 bits per heavy atom. The number of hydrogen-bond donors (Lipinski definition) is 2. The Hall–Kier alpha value is -1.65. The first kappa shape index (κ1) is 14.8. The summed E-state index contributed by atoms with van der Waals surface area (Å²) in [4.78, 5) is 10.7. The summed E-state index contributed by atoms with van der Waals surface area (Å²) in [5, 5.41) is 11.6. The van der Waals surface area contributed by atoms with E-state index in [9.17, 15) is 13.6 Å². The first-order valence-electron chi connectivity index (χ1n) is 6.96. The quantitative estimate of drug-likeness (QED) is 0.881. The number of carboxylic acids is 1. The highest BCUT2D eigenvalue weighted by molar-refractivity contribution is 5.88. The van der Waals surface area contributed by atoms with Crippen molar-refractivity contribution in [1.29, 1.82) is 0 Å². The Morgan fingerprint density at radius 2 is 2.00 bits per heavy atom. The third kappa shape index (κ3) is 3.08. The fourth-order valence-electron chi connectivity index (χ4n) is 2.79. The molecule has 3 nitrogen and oxygen atoms in total. The van der Waals surface area contributed by atoms with Crippen LogP contribution >= 0.6 is 0 Å². The van der Waals surface area contributed by atoms with Gasteiger partial charge in [0.25, 0.3) is 0 Å². The van der Waals surface area contributed by atoms with Crippen molar-refractivity contribution in [2.75, 3.05) is 11.9 Å². The highest BCUT2D eigenvalue weighted by atomic mass is 19.2. The molecule has 1 aliphatic carbocycles. The molecule has 0 spiro atoms. The van der Waals surface area contributed by atoms with Crippen molar-refractivity contribution in [3.05, 3.63) is 29.3 Å². The fraction of sp³-hybridized carbons (Fsp3) is 0.533. The molecule has 1 saturated carbocycles. The van der Waals surface area contributed by atoms with E-state index in [2.05, 4.69) is 12.2 Å². The minimum Gasteiger partial charge on any atom is -0.478 e. The van der Waals surface area contributed by atoms with E-state index >= 15 is 0 Å². The van der Waals surface area contributed by atoms with Crippen LogP contribution in [0.3, 0.4) is 0 Å². The van der Waals surface area contributed by atoms with Crippen LogP contribution in [-0.2, 0) is 0 Å². The van der Waals surface area contributed by atoms with Crippen LogP contribution in [0.25, 0.3) is 0 Å². The first-order valence-corrected chi connectivity index (χ1v) is 6.96. The van der Waals surface area contributed by atoms with E-state index in [4.69, 9.17) is 5.11 Å². The molecule has 0 saturated heterocycles. The summed E-state index contributed by atoms with van der Waals surface area (Å²) < 4.78 is 27.3. The molecule has 5 heteroatoms. The van der Waals surface area contributed by atoms with Gasteiger partial charge in [0, 0.05) is 6.54 Å². The highest BCUT2D eigenvalue weighted by Crippen LogP contribution is 2.30. The number of carbonyl (C=O) groups is 1. The second kappa shape index (κ2) is 6.20. The van der Waals surface area contributed by atoms with Gasteiger partial charge in [0.2, 0.25) is 0 Å². The second-order valence-corrected chi connectivity index (χ2v) is 5.50. The number of nitrogens with one attached hydrogen (secondary N) is 1. The molecule has 0 aliphatic heterocycles. The van der Waals surface area contributed by atoms with Crippen molar-refractivity contribution in [2.45, 2.75) is 32.6 Å². The lowest BCUT2D eigenvalue weighted by Gasteiger charge is -2.29. The van der Waals surface area contributed by atoms with E-state index in [0.717, 1.165) is 12.5 Å². The summed E-state index contributed by atoms with van der Waals surface area (Å²) in [6.45, 7) is 2.76. The zero-order chi connectivity index (χ0) is 14.7. The van der Waals surface area contributed by atoms with Gasteiger partial charge in [0.05, 0.1) is 11.3 Å².